The summed E-state index contributed by atoms with van der Waals surface area (Å²) in [5, 5.41) is 7.36. The van der Waals surface area contributed by atoms with Crippen LogP contribution in [0.2, 0.25) is 0 Å². The molecule has 8 heteroatoms. The Kier molecular flexibility index (Phi) is 5.22. The molecule has 0 atom stereocenters. The van der Waals surface area contributed by atoms with Crippen molar-refractivity contribution in [2.45, 2.75) is 47.5 Å². The van der Waals surface area contributed by atoms with E-state index in [1.165, 1.54) is 4.68 Å². The highest BCUT2D eigenvalue weighted by molar-refractivity contribution is 5.91. The first-order valence-corrected chi connectivity index (χ1v) is 9.22. The van der Waals surface area contributed by atoms with E-state index in [0.29, 0.717) is 41.4 Å². The lowest BCUT2D eigenvalue weighted by molar-refractivity contribution is -0.117. The van der Waals surface area contributed by atoms with Gasteiger partial charge >= 0.3 is 0 Å². The summed E-state index contributed by atoms with van der Waals surface area (Å²) in [7, 11) is 0. The third-order valence-corrected chi connectivity index (χ3v) is 4.21. The maximum Gasteiger partial charge on any atom is 0.255 e. The van der Waals surface area contributed by atoms with Gasteiger partial charge in [-0.1, -0.05) is 27.7 Å². The van der Waals surface area contributed by atoms with E-state index in [4.69, 9.17) is 4.42 Å². The molecule has 0 aliphatic heterocycles. The molecule has 0 unspecified atom stereocenters. The fourth-order valence-electron chi connectivity index (χ4n) is 2.96. The second-order valence-corrected chi connectivity index (χ2v) is 7.90. The summed E-state index contributed by atoms with van der Waals surface area (Å²) in [6.07, 6.45) is 2.47. The molecule has 0 fully saturated rings. The zero-order chi connectivity index (χ0) is 20.5. The Bertz CT molecular complexity index is 1040. The standard InChI is InChI=1S/C20H25N5O3/c1-6-13-12(2)21-19(23-18(13)27)25-16(22-17(26)11-20(3,4)5)10-14(24-25)15-8-7-9-28-15/h7-10H,6,11H2,1-5H3,(H,22,26)(H,21,23,27). The van der Waals surface area contributed by atoms with Gasteiger partial charge < -0.3 is 9.73 Å². The van der Waals surface area contributed by atoms with Gasteiger partial charge in [0, 0.05) is 23.7 Å². The van der Waals surface area contributed by atoms with E-state index >= 15 is 0 Å². The minimum atomic E-state index is -0.216. The Labute approximate surface area is 163 Å². The molecule has 1 amide bonds. The molecule has 0 aliphatic rings. The quantitative estimate of drug-likeness (QED) is 0.702. The topological polar surface area (TPSA) is 106 Å². The Balaban J connectivity index is 2.06. The molecule has 2 N–H and O–H groups in total. The van der Waals surface area contributed by atoms with Gasteiger partial charge in [-0.2, -0.15) is 9.78 Å². The van der Waals surface area contributed by atoms with Gasteiger partial charge in [-0.3, -0.25) is 14.6 Å². The average molecular weight is 383 g/mol. The predicted octanol–water partition coefficient (Wildman–Crippen LogP) is 3.46. The molecule has 0 spiro atoms. The molecule has 3 aromatic heterocycles. The number of carbonyl (C=O) groups is 1. The number of aryl methyl sites for hydroxylation is 1. The number of nitrogens with zero attached hydrogens (tertiary/aromatic N) is 3. The second kappa shape index (κ2) is 7.46. The molecule has 148 valence electrons. The van der Waals surface area contributed by atoms with Crippen molar-refractivity contribution in [2.75, 3.05) is 5.32 Å². The van der Waals surface area contributed by atoms with Crippen LogP contribution in [0.15, 0.2) is 33.7 Å². The maximum absolute atomic E-state index is 12.5. The van der Waals surface area contributed by atoms with Gasteiger partial charge in [-0.05, 0) is 30.9 Å². The summed E-state index contributed by atoms with van der Waals surface area (Å²) >= 11 is 0. The van der Waals surface area contributed by atoms with E-state index in [2.05, 4.69) is 20.4 Å². The lowest BCUT2D eigenvalue weighted by atomic mass is 9.92. The van der Waals surface area contributed by atoms with Gasteiger partial charge in [-0.15, -0.1) is 0 Å². The molecular weight excluding hydrogens is 358 g/mol. The van der Waals surface area contributed by atoms with E-state index in [-0.39, 0.29) is 22.8 Å². The Hall–Kier alpha value is -3.16. The highest BCUT2D eigenvalue weighted by Gasteiger charge is 2.21. The van der Waals surface area contributed by atoms with Crippen LogP contribution in [0.25, 0.3) is 17.4 Å². The van der Waals surface area contributed by atoms with Crippen LogP contribution in [-0.2, 0) is 11.2 Å². The molecule has 0 aromatic carbocycles. The highest BCUT2D eigenvalue weighted by Crippen LogP contribution is 2.25. The lowest BCUT2D eigenvalue weighted by Crippen LogP contribution is -2.23. The van der Waals surface area contributed by atoms with Crippen molar-refractivity contribution in [2.24, 2.45) is 5.41 Å². The molecule has 0 aliphatic carbocycles. The average Bonchev–Trinajstić information content (AvgIpc) is 3.22. The maximum atomic E-state index is 12.5. The summed E-state index contributed by atoms with van der Waals surface area (Å²) < 4.78 is 6.84. The fraction of sp³-hybridized carbons (Fsp3) is 0.400. The van der Waals surface area contributed by atoms with E-state index in [0.717, 1.165) is 0 Å². The molecule has 3 heterocycles. The third-order valence-electron chi connectivity index (χ3n) is 4.21. The smallest absolute Gasteiger partial charge is 0.255 e. The lowest BCUT2D eigenvalue weighted by Gasteiger charge is -2.17. The van der Waals surface area contributed by atoms with Gasteiger partial charge in [0.15, 0.2) is 5.76 Å². The SMILES string of the molecule is CCc1c(C)nc(-n2nc(-c3ccco3)cc2NC(=O)CC(C)(C)C)[nH]c1=O. The first-order chi connectivity index (χ1) is 13.2. The van der Waals surface area contributed by atoms with Crippen LogP contribution in [0.4, 0.5) is 5.82 Å². The monoisotopic (exact) mass is 383 g/mol. The van der Waals surface area contributed by atoms with Crippen LogP contribution in [0, 0.1) is 12.3 Å². The second-order valence-electron chi connectivity index (χ2n) is 7.90. The molecule has 0 radical (unpaired) electrons. The summed E-state index contributed by atoms with van der Waals surface area (Å²) in [6, 6.07) is 5.23. The third kappa shape index (κ3) is 4.21. The molecule has 0 saturated carbocycles. The molecule has 0 saturated heterocycles. The first kappa shape index (κ1) is 19.6. The Morgan fingerprint density at radius 2 is 2.11 bits per heavy atom. The Morgan fingerprint density at radius 3 is 2.68 bits per heavy atom. The number of amides is 1. The van der Waals surface area contributed by atoms with Gasteiger partial charge in [0.1, 0.15) is 11.5 Å². The van der Waals surface area contributed by atoms with Crippen molar-refractivity contribution in [1.29, 1.82) is 0 Å². The molecule has 0 bridgehead atoms. The summed E-state index contributed by atoms with van der Waals surface area (Å²) in [5.74, 6) is 1.05. The predicted molar refractivity (Wildman–Crippen MR) is 106 cm³/mol. The van der Waals surface area contributed by atoms with Gasteiger partial charge in [-0.25, -0.2) is 4.98 Å². The fourth-order valence-corrected chi connectivity index (χ4v) is 2.96. The number of aromatic nitrogens is 4. The van der Waals surface area contributed by atoms with Crippen LogP contribution < -0.4 is 10.9 Å². The van der Waals surface area contributed by atoms with E-state index in [1.54, 1.807) is 31.4 Å². The van der Waals surface area contributed by atoms with Gasteiger partial charge in [0.25, 0.3) is 5.56 Å². The molecule has 3 rings (SSSR count). The zero-order valence-corrected chi connectivity index (χ0v) is 16.8. The molecule has 28 heavy (non-hydrogen) atoms. The number of nitrogens with one attached hydrogen (secondary N) is 2. The van der Waals surface area contributed by atoms with Crippen LogP contribution in [0.1, 0.15) is 45.4 Å². The minimum Gasteiger partial charge on any atom is -0.463 e. The molecule has 8 nitrogen and oxygen atoms in total. The number of H-pyrrole nitrogens is 1. The van der Waals surface area contributed by atoms with Crippen LogP contribution >= 0.6 is 0 Å². The number of rotatable bonds is 5. The first-order valence-electron chi connectivity index (χ1n) is 9.22. The summed E-state index contributed by atoms with van der Waals surface area (Å²) in [4.78, 5) is 32.1. The number of anilines is 1. The number of hydrogen-bond acceptors (Lipinski definition) is 5. The van der Waals surface area contributed by atoms with Crippen LogP contribution in [0.3, 0.4) is 0 Å². The highest BCUT2D eigenvalue weighted by atomic mass is 16.3. The van der Waals surface area contributed by atoms with Crippen molar-refractivity contribution in [3.8, 4) is 17.4 Å². The largest absolute Gasteiger partial charge is 0.463 e. The van der Waals surface area contributed by atoms with E-state index < -0.39 is 0 Å². The minimum absolute atomic E-state index is 0.149. The molecular formula is C20H25N5O3. The summed E-state index contributed by atoms with van der Waals surface area (Å²) in [5.41, 5.74) is 1.40. The van der Waals surface area contributed by atoms with Crippen molar-refractivity contribution in [3.05, 3.63) is 46.1 Å². The number of hydrogen-bond donors (Lipinski definition) is 2. The summed E-state index contributed by atoms with van der Waals surface area (Å²) in [6.45, 7) is 9.66. The Morgan fingerprint density at radius 1 is 1.36 bits per heavy atom. The normalized spacial score (nSPS) is 11.6. The van der Waals surface area contributed by atoms with Crippen LogP contribution in [0.5, 0.6) is 0 Å². The van der Waals surface area contributed by atoms with E-state index in [9.17, 15) is 9.59 Å². The van der Waals surface area contributed by atoms with Gasteiger partial charge in [0.2, 0.25) is 11.9 Å². The van der Waals surface area contributed by atoms with Gasteiger partial charge in [0.05, 0.1) is 6.26 Å². The zero-order valence-electron chi connectivity index (χ0n) is 16.8. The van der Waals surface area contributed by atoms with Crippen molar-refractivity contribution < 1.29 is 9.21 Å². The number of aromatic amines is 1. The van der Waals surface area contributed by atoms with E-state index in [1.807, 2.05) is 27.7 Å². The van der Waals surface area contributed by atoms with Crippen molar-refractivity contribution in [3.63, 3.8) is 0 Å². The number of carbonyl (C=O) groups excluding carboxylic acids is 1. The molecule has 3 aromatic rings. The van der Waals surface area contributed by atoms with Crippen molar-refractivity contribution >= 4 is 11.7 Å². The number of furan rings is 1. The van der Waals surface area contributed by atoms with Crippen molar-refractivity contribution in [1.82, 2.24) is 19.7 Å². The van der Waals surface area contributed by atoms with Crippen LogP contribution in [-0.4, -0.2) is 25.7 Å².